The highest BCUT2D eigenvalue weighted by Crippen LogP contribution is 2.31. The molecule has 0 aliphatic heterocycles. The zero-order chi connectivity index (χ0) is 17.4. The highest BCUT2D eigenvalue weighted by Gasteiger charge is 2.09. The second-order valence-electron chi connectivity index (χ2n) is 4.89. The molecule has 0 aliphatic carbocycles. The summed E-state index contributed by atoms with van der Waals surface area (Å²) < 4.78 is 5.42. The van der Waals surface area contributed by atoms with Crippen LogP contribution in [-0.4, -0.2) is 28.8 Å². The van der Waals surface area contributed by atoms with Gasteiger partial charge in [0.15, 0.2) is 11.5 Å². The van der Waals surface area contributed by atoms with E-state index < -0.39 is 0 Å². The summed E-state index contributed by atoms with van der Waals surface area (Å²) in [5.41, 5.74) is 4.29. The van der Waals surface area contributed by atoms with E-state index in [1.165, 1.54) is 18.6 Å². The largest absolute Gasteiger partial charge is 0.504 e. The Morgan fingerprint density at radius 1 is 1.42 bits per heavy atom. The Morgan fingerprint density at radius 3 is 2.83 bits per heavy atom. The Morgan fingerprint density at radius 2 is 2.17 bits per heavy atom. The Balaban J connectivity index is 2.16. The number of carbonyl (C=O) groups excluding carboxylic acids is 1. The smallest absolute Gasteiger partial charge is 0.271 e. The van der Waals surface area contributed by atoms with Gasteiger partial charge in [-0.3, -0.25) is 9.78 Å². The molecule has 124 valence electrons. The molecule has 0 saturated heterocycles. The molecule has 6 nitrogen and oxygen atoms in total. The average Bonchev–Trinajstić information content (AvgIpc) is 2.60. The number of amides is 1. The van der Waals surface area contributed by atoms with Gasteiger partial charge in [-0.2, -0.15) is 5.10 Å². The second-order valence-corrected chi connectivity index (χ2v) is 4.89. The molecule has 2 aromatic rings. The van der Waals surface area contributed by atoms with E-state index >= 15 is 0 Å². The zero-order valence-corrected chi connectivity index (χ0v) is 13.4. The minimum atomic E-state index is -0.330. The van der Waals surface area contributed by atoms with Crippen LogP contribution in [-0.2, 0) is 6.42 Å². The number of hydrazone groups is 1. The number of benzene rings is 1. The van der Waals surface area contributed by atoms with E-state index in [0.29, 0.717) is 35.5 Å². The quantitative estimate of drug-likeness (QED) is 0.466. The molecule has 0 saturated carbocycles. The molecule has 2 N–H and O–H groups in total. The van der Waals surface area contributed by atoms with Crippen molar-refractivity contribution < 1.29 is 14.6 Å². The van der Waals surface area contributed by atoms with Gasteiger partial charge in [0.05, 0.1) is 12.8 Å². The van der Waals surface area contributed by atoms with Crippen molar-refractivity contribution >= 4 is 12.1 Å². The number of carbonyl (C=O) groups is 1. The standard InChI is InChI=1S/C18H19N3O3/c1-3-5-15-10-13(11-16(17(15)22)24-4-2)12-20-21-18(23)14-6-8-19-9-7-14/h3,6-12,22H,1,4-5H2,2H3,(H,21,23)/b20-12-. The molecule has 0 atom stereocenters. The summed E-state index contributed by atoms with van der Waals surface area (Å²) in [7, 11) is 0. The molecule has 0 bridgehead atoms. The predicted molar refractivity (Wildman–Crippen MR) is 92.5 cm³/mol. The Hall–Kier alpha value is -3.15. The van der Waals surface area contributed by atoms with Crippen molar-refractivity contribution in [1.29, 1.82) is 0 Å². The van der Waals surface area contributed by atoms with Gasteiger partial charge in [-0.15, -0.1) is 6.58 Å². The third-order valence-corrected chi connectivity index (χ3v) is 3.16. The molecule has 6 heteroatoms. The maximum atomic E-state index is 11.9. The van der Waals surface area contributed by atoms with Crippen LogP contribution in [0.1, 0.15) is 28.4 Å². The van der Waals surface area contributed by atoms with Gasteiger partial charge in [0.2, 0.25) is 0 Å². The van der Waals surface area contributed by atoms with Crippen LogP contribution in [0.15, 0.2) is 54.4 Å². The summed E-state index contributed by atoms with van der Waals surface area (Å²) in [4.78, 5) is 15.8. The van der Waals surface area contributed by atoms with Gasteiger partial charge >= 0.3 is 0 Å². The topological polar surface area (TPSA) is 83.8 Å². The first kappa shape index (κ1) is 17.2. The van der Waals surface area contributed by atoms with Gasteiger partial charge in [-0.05, 0) is 43.2 Å². The third-order valence-electron chi connectivity index (χ3n) is 3.16. The van der Waals surface area contributed by atoms with Gasteiger partial charge in [0.25, 0.3) is 5.91 Å². The molecule has 2 rings (SSSR count). The van der Waals surface area contributed by atoms with E-state index in [9.17, 15) is 9.90 Å². The Bertz CT molecular complexity index is 743. The summed E-state index contributed by atoms with van der Waals surface area (Å²) in [5, 5.41) is 14.1. The van der Waals surface area contributed by atoms with Crippen molar-refractivity contribution in [3.8, 4) is 11.5 Å². The highest BCUT2D eigenvalue weighted by molar-refractivity contribution is 5.94. The predicted octanol–water partition coefficient (Wildman–Crippen LogP) is 2.68. The summed E-state index contributed by atoms with van der Waals surface area (Å²) in [6, 6.07) is 6.62. The number of hydrogen-bond acceptors (Lipinski definition) is 5. The lowest BCUT2D eigenvalue weighted by Crippen LogP contribution is -2.17. The summed E-state index contributed by atoms with van der Waals surface area (Å²) in [6.07, 6.45) is 6.75. The van der Waals surface area contributed by atoms with E-state index in [2.05, 4.69) is 22.1 Å². The van der Waals surface area contributed by atoms with E-state index in [4.69, 9.17) is 4.74 Å². The van der Waals surface area contributed by atoms with Crippen LogP contribution in [0.25, 0.3) is 0 Å². The van der Waals surface area contributed by atoms with Crippen molar-refractivity contribution in [1.82, 2.24) is 10.4 Å². The highest BCUT2D eigenvalue weighted by atomic mass is 16.5. The fraction of sp³-hybridized carbons (Fsp3) is 0.167. The molecule has 0 aliphatic rings. The maximum Gasteiger partial charge on any atom is 0.271 e. The fourth-order valence-corrected chi connectivity index (χ4v) is 2.07. The van der Waals surface area contributed by atoms with E-state index in [1.807, 2.05) is 6.92 Å². The lowest BCUT2D eigenvalue weighted by Gasteiger charge is -2.10. The number of phenolic OH excluding ortho intramolecular Hbond substituents is 1. The summed E-state index contributed by atoms with van der Waals surface area (Å²) in [5.74, 6) is 0.136. The van der Waals surface area contributed by atoms with Crippen LogP contribution >= 0.6 is 0 Å². The molecule has 0 fully saturated rings. The van der Waals surface area contributed by atoms with E-state index in [1.54, 1.807) is 30.3 Å². The Labute approximate surface area is 140 Å². The third kappa shape index (κ3) is 4.42. The number of nitrogens with one attached hydrogen (secondary N) is 1. The number of nitrogens with zero attached hydrogens (tertiary/aromatic N) is 2. The normalized spacial score (nSPS) is 10.5. The van der Waals surface area contributed by atoms with Crippen molar-refractivity contribution in [3.63, 3.8) is 0 Å². The fourth-order valence-electron chi connectivity index (χ4n) is 2.07. The summed E-state index contributed by atoms with van der Waals surface area (Å²) in [6.45, 7) is 5.94. The van der Waals surface area contributed by atoms with E-state index in [0.717, 1.165) is 0 Å². The average molecular weight is 325 g/mol. The van der Waals surface area contributed by atoms with Crippen molar-refractivity contribution in [2.45, 2.75) is 13.3 Å². The molecular weight excluding hydrogens is 306 g/mol. The molecule has 0 spiro atoms. The van der Waals surface area contributed by atoms with Gasteiger partial charge in [0.1, 0.15) is 0 Å². The van der Waals surface area contributed by atoms with Crippen LogP contribution in [0.3, 0.4) is 0 Å². The second kappa shape index (κ2) is 8.47. The number of aromatic hydroxyl groups is 1. The number of rotatable bonds is 7. The van der Waals surface area contributed by atoms with Crippen LogP contribution in [0.4, 0.5) is 0 Å². The minimum absolute atomic E-state index is 0.0923. The number of phenols is 1. The van der Waals surface area contributed by atoms with Gasteiger partial charge < -0.3 is 9.84 Å². The molecule has 1 heterocycles. The van der Waals surface area contributed by atoms with Gasteiger partial charge in [-0.1, -0.05) is 6.08 Å². The minimum Gasteiger partial charge on any atom is -0.504 e. The monoisotopic (exact) mass is 325 g/mol. The number of ether oxygens (including phenoxy) is 1. The van der Waals surface area contributed by atoms with Crippen LogP contribution < -0.4 is 10.2 Å². The molecule has 0 unspecified atom stereocenters. The molecule has 1 aromatic heterocycles. The van der Waals surface area contributed by atoms with Crippen molar-refractivity contribution in [2.75, 3.05) is 6.61 Å². The number of aromatic nitrogens is 1. The molecule has 0 radical (unpaired) electrons. The van der Waals surface area contributed by atoms with E-state index in [-0.39, 0.29) is 11.7 Å². The number of allylic oxidation sites excluding steroid dienone is 1. The lowest BCUT2D eigenvalue weighted by atomic mass is 10.1. The zero-order valence-electron chi connectivity index (χ0n) is 13.4. The lowest BCUT2D eigenvalue weighted by molar-refractivity contribution is 0.0955. The number of pyridine rings is 1. The van der Waals surface area contributed by atoms with Gasteiger partial charge in [-0.25, -0.2) is 5.43 Å². The van der Waals surface area contributed by atoms with Crippen LogP contribution in [0.2, 0.25) is 0 Å². The maximum absolute atomic E-state index is 11.9. The molecule has 1 amide bonds. The van der Waals surface area contributed by atoms with Crippen molar-refractivity contribution in [2.24, 2.45) is 5.10 Å². The van der Waals surface area contributed by atoms with Gasteiger partial charge in [0, 0.05) is 23.5 Å². The van der Waals surface area contributed by atoms with Crippen molar-refractivity contribution in [3.05, 3.63) is 66.0 Å². The van der Waals surface area contributed by atoms with Crippen LogP contribution in [0.5, 0.6) is 11.5 Å². The molecule has 1 aromatic carbocycles. The van der Waals surface area contributed by atoms with Crippen LogP contribution in [0, 0.1) is 0 Å². The number of hydrogen-bond donors (Lipinski definition) is 2. The molecular formula is C18H19N3O3. The molecule has 24 heavy (non-hydrogen) atoms. The summed E-state index contributed by atoms with van der Waals surface area (Å²) >= 11 is 0. The Kier molecular flexibility index (Phi) is 6.08. The first-order valence-corrected chi connectivity index (χ1v) is 7.48. The SMILES string of the molecule is C=CCc1cc(/C=N\NC(=O)c2ccncc2)cc(OCC)c1O. The first-order chi connectivity index (χ1) is 11.7. The first-order valence-electron chi connectivity index (χ1n) is 7.48.